The van der Waals surface area contributed by atoms with Crippen molar-refractivity contribution in [1.29, 1.82) is 0 Å². The van der Waals surface area contributed by atoms with Crippen LogP contribution in [0.15, 0.2) is 12.4 Å². The van der Waals surface area contributed by atoms with Crippen LogP contribution in [0.2, 0.25) is 0 Å². The summed E-state index contributed by atoms with van der Waals surface area (Å²) < 4.78 is 1.82. The van der Waals surface area contributed by atoms with E-state index in [1.54, 1.807) is 0 Å². The van der Waals surface area contributed by atoms with Crippen molar-refractivity contribution < 1.29 is 9.90 Å². The average molecular weight is 222 g/mol. The highest BCUT2D eigenvalue weighted by Gasteiger charge is 2.25. The number of hydrogen-bond acceptors (Lipinski definition) is 2. The standard InChI is InChI=1S/C12H18N2O2/c1-14-8-10(7-13-14)6-9-2-4-11(5-3-9)12(15)16/h7-9,11H,2-6H2,1H3,(H,15,16). The smallest absolute Gasteiger partial charge is 0.306 e. The molecule has 4 heteroatoms. The Morgan fingerprint density at radius 1 is 1.50 bits per heavy atom. The van der Waals surface area contributed by atoms with Crippen molar-refractivity contribution in [2.75, 3.05) is 0 Å². The summed E-state index contributed by atoms with van der Waals surface area (Å²) in [5, 5.41) is 13.1. The summed E-state index contributed by atoms with van der Waals surface area (Å²) in [6.45, 7) is 0. The van der Waals surface area contributed by atoms with Crippen LogP contribution >= 0.6 is 0 Å². The Balaban J connectivity index is 1.83. The molecule has 0 spiro atoms. The lowest BCUT2D eigenvalue weighted by Gasteiger charge is -2.25. The molecule has 1 aromatic rings. The predicted molar refractivity (Wildman–Crippen MR) is 60.0 cm³/mol. The molecule has 0 unspecified atom stereocenters. The molecule has 1 N–H and O–H groups in total. The van der Waals surface area contributed by atoms with E-state index in [2.05, 4.69) is 5.10 Å². The van der Waals surface area contributed by atoms with E-state index in [1.165, 1.54) is 5.56 Å². The zero-order valence-electron chi connectivity index (χ0n) is 9.59. The van der Waals surface area contributed by atoms with Crippen LogP contribution in [0.5, 0.6) is 0 Å². The van der Waals surface area contributed by atoms with E-state index in [0.29, 0.717) is 5.92 Å². The Morgan fingerprint density at radius 3 is 2.69 bits per heavy atom. The molecular formula is C12H18N2O2. The second-order valence-electron chi connectivity index (χ2n) is 4.78. The molecule has 88 valence electrons. The molecule has 0 bridgehead atoms. The maximum absolute atomic E-state index is 10.8. The maximum atomic E-state index is 10.8. The Hall–Kier alpha value is -1.32. The molecule has 1 aromatic heterocycles. The van der Waals surface area contributed by atoms with Crippen LogP contribution in [0.25, 0.3) is 0 Å². The third-order valence-electron chi connectivity index (χ3n) is 3.48. The number of aryl methyl sites for hydroxylation is 1. The van der Waals surface area contributed by atoms with Gasteiger partial charge in [0.05, 0.1) is 12.1 Å². The molecule has 0 atom stereocenters. The summed E-state index contributed by atoms with van der Waals surface area (Å²) >= 11 is 0. The first-order valence-corrected chi connectivity index (χ1v) is 5.85. The minimum Gasteiger partial charge on any atom is -0.481 e. The summed E-state index contributed by atoms with van der Waals surface area (Å²) in [6, 6.07) is 0. The molecule has 4 nitrogen and oxygen atoms in total. The zero-order valence-corrected chi connectivity index (χ0v) is 9.59. The van der Waals surface area contributed by atoms with Crippen molar-refractivity contribution in [3.63, 3.8) is 0 Å². The van der Waals surface area contributed by atoms with Crippen molar-refractivity contribution in [3.05, 3.63) is 18.0 Å². The highest BCUT2D eigenvalue weighted by Crippen LogP contribution is 2.30. The van der Waals surface area contributed by atoms with Crippen molar-refractivity contribution in [2.24, 2.45) is 18.9 Å². The average Bonchev–Trinajstić information content (AvgIpc) is 2.65. The van der Waals surface area contributed by atoms with E-state index in [0.717, 1.165) is 32.1 Å². The van der Waals surface area contributed by atoms with Crippen LogP contribution in [-0.4, -0.2) is 20.9 Å². The van der Waals surface area contributed by atoms with Crippen molar-refractivity contribution in [2.45, 2.75) is 32.1 Å². The minimum atomic E-state index is -0.625. The third-order valence-corrected chi connectivity index (χ3v) is 3.48. The number of nitrogens with zero attached hydrogens (tertiary/aromatic N) is 2. The van der Waals surface area contributed by atoms with E-state index >= 15 is 0 Å². The van der Waals surface area contributed by atoms with Gasteiger partial charge in [0, 0.05) is 13.2 Å². The van der Waals surface area contributed by atoms with Crippen molar-refractivity contribution >= 4 is 5.97 Å². The Labute approximate surface area is 95.3 Å². The molecule has 1 saturated carbocycles. The molecule has 1 aliphatic rings. The van der Waals surface area contributed by atoms with Gasteiger partial charge in [-0.1, -0.05) is 0 Å². The number of aliphatic carboxylic acids is 1. The second-order valence-corrected chi connectivity index (χ2v) is 4.78. The van der Waals surface area contributed by atoms with Gasteiger partial charge in [-0.3, -0.25) is 9.48 Å². The zero-order chi connectivity index (χ0) is 11.5. The monoisotopic (exact) mass is 222 g/mol. The Bertz CT molecular complexity index is 365. The number of carboxylic acids is 1. The largest absolute Gasteiger partial charge is 0.481 e. The quantitative estimate of drug-likeness (QED) is 0.849. The number of rotatable bonds is 3. The van der Waals surface area contributed by atoms with E-state index in [4.69, 9.17) is 5.11 Å². The molecule has 1 heterocycles. The number of aromatic nitrogens is 2. The first-order chi connectivity index (χ1) is 7.65. The van der Waals surface area contributed by atoms with Crippen LogP contribution in [-0.2, 0) is 18.3 Å². The van der Waals surface area contributed by atoms with Crippen molar-refractivity contribution in [3.8, 4) is 0 Å². The van der Waals surface area contributed by atoms with Gasteiger partial charge in [0.2, 0.25) is 0 Å². The van der Waals surface area contributed by atoms with E-state index in [-0.39, 0.29) is 5.92 Å². The van der Waals surface area contributed by atoms with Gasteiger partial charge in [0.25, 0.3) is 0 Å². The number of carboxylic acid groups (broad SMARTS) is 1. The molecule has 0 aromatic carbocycles. The van der Waals surface area contributed by atoms with Gasteiger partial charge in [0.1, 0.15) is 0 Å². The lowest BCUT2D eigenvalue weighted by atomic mass is 9.80. The van der Waals surface area contributed by atoms with Gasteiger partial charge in [-0.25, -0.2) is 0 Å². The van der Waals surface area contributed by atoms with Gasteiger partial charge in [-0.2, -0.15) is 5.10 Å². The molecule has 2 rings (SSSR count). The first kappa shape index (κ1) is 11.2. The SMILES string of the molecule is Cn1cc(CC2CCC(C(=O)O)CC2)cn1. The highest BCUT2D eigenvalue weighted by atomic mass is 16.4. The summed E-state index contributed by atoms with van der Waals surface area (Å²) in [7, 11) is 1.92. The Morgan fingerprint density at radius 2 is 2.19 bits per heavy atom. The van der Waals surface area contributed by atoms with Crippen LogP contribution in [0, 0.1) is 11.8 Å². The molecule has 16 heavy (non-hydrogen) atoms. The van der Waals surface area contributed by atoms with Crippen LogP contribution < -0.4 is 0 Å². The van der Waals surface area contributed by atoms with E-state index in [9.17, 15) is 4.79 Å². The predicted octanol–water partition coefficient (Wildman–Crippen LogP) is 1.85. The lowest BCUT2D eigenvalue weighted by molar-refractivity contribution is -0.143. The van der Waals surface area contributed by atoms with E-state index in [1.807, 2.05) is 24.1 Å². The summed E-state index contributed by atoms with van der Waals surface area (Å²) in [4.78, 5) is 10.8. The van der Waals surface area contributed by atoms with Gasteiger partial charge in [0.15, 0.2) is 0 Å². The molecule has 0 amide bonds. The molecule has 0 radical (unpaired) electrons. The van der Waals surface area contributed by atoms with Crippen LogP contribution in [0.3, 0.4) is 0 Å². The van der Waals surface area contributed by atoms with Gasteiger partial charge < -0.3 is 5.11 Å². The first-order valence-electron chi connectivity index (χ1n) is 5.85. The Kier molecular flexibility index (Phi) is 3.27. The summed E-state index contributed by atoms with van der Waals surface area (Å²) in [5.74, 6) is -0.0928. The van der Waals surface area contributed by atoms with E-state index < -0.39 is 5.97 Å². The van der Waals surface area contributed by atoms with Gasteiger partial charge in [-0.15, -0.1) is 0 Å². The van der Waals surface area contributed by atoms with Crippen LogP contribution in [0.1, 0.15) is 31.2 Å². The summed E-state index contributed by atoms with van der Waals surface area (Å²) in [5.41, 5.74) is 1.27. The normalized spacial score (nSPS) is 25.6. The summed E-state index contributed by atoms with van der Waals surface area (Å²) in [6.07, 6.45) is 8.73. The number of hydrogen-bond donors (Lipinski definition) is 1. The molecule has 1 aliphatic carbocycles. The fourth-order valence-corrected chi connectivity index (χ4v) is 2.52. The molecule has 1 fully saturated rings. The highest BCUT2D eigenvalue weighted by molar-refractivity contribution is 5.69. The maximum Gasteiger partial charge on any atom is 0.306 e. The van der Waals surface area contributed by atoms with Crippen molar-refractivity contribution in [1.82, 2.24) is 9.78 Å². The molecular weight excluding hydrogens is 204 g/mol. The third kappa shape index (κ3) is 2.62. The fraction of sp³-hybridized carbons (Fsp3) is 0.667. The number of carbonyl (C=O) groups is 1. The fourth-order valence-electron chi connectivity index (χ4n) is 2.52. The van der Waals surface area contributed by atoms with Gasteiger partial charge in [-0.05, 0) is 43.6 Å². The van der Waals surface area contributed by atoms with Gasteiger partial charge >= 0.3 is 5.97 Å². The lowest BCUT2D eigenvalue weighted by Crippen LogP contribution is -2.22. The topological polar surface area (TPSA) is 55.1 Å². The second kappa shape index (κ2) is 4.68. The minimum absolute atomic E-state index is 0.106. The molecule has 0 aliphatic heterocycles. The molecule has 0 saturated heterocycles. The van der Waals surface area contributed by atoms with Crippen LogP contribution in [0.4, 0.5) is 0 Å².